The second-order valence-corrected chi connectivity index (χ2v) is 7.64. The molecule has 0 bridgehead atoms. The number of anilines is 2. The Balaban J connectivity index is 2.02. The Kier molecular flexibility index (Phi) is 6.28. The van der Waals surface area contributed by atoms with Crippen molar-refractivity contribution in [2.24, 2.45) is 16.8 Å². The van der Waals surface area contributed by atoms with E-state index in [1.807, 2.05) is 5.43 Å². The zero-order valence-electron chi connectivity index (χ0n) is 16.4. The predicted octanol–water partition coefficient (Wildman–Crippen LogP) is 2.76. The van der Waals surface area contributed by atoms with Crippen molar-refractivity contribution >= 4 is 64.0 Å². The van der Waals surface area contributed by atoms with Gasteiger partial charge in [0.25, 0.3) is 11.8 Å². The van der Waals surface area contributed by atoms with Crippen LogP contribution in [0.15, 0.2) is 41.5 Å². The molecule has 0 unspecified atom stereocenters. The summed E-state index contributed by atoms with van der Waals surface area (Å²) in [6, 6.07) is 8.27. The Morgan fingerprint density at radius 3 is 2.23 bits per heavy atom. The zero-order chi connectivity index (χ0) is 22.9. The van der Waals surface area contributed by atoms with Crippen LogP contribution in [0.1, 0.15) is 11.1 Å². The summed E-state index contributed by atoms with van der Waals surface area (Å²) in [7, 11) is 0. The minimum Gasteiger partial charge on any atom is -0.350 e. The minimum absolute atomic E-state index is 0.240. The van der Waals surface area contributed by atoms with Crippen molar-refractivity contribution in [3.63, 3.8) is 0 Å². The van der Waals surface area contributed by atoms with Crippen LogP contribution in [-0.4, -0.2) is 29.5 Å². The molecule has 0 aromatic heterocycles. The predicted molar refractivity (Wildman–Crippen MR) is 117 cm³/mol. The number of nitrogens with two attached hydrogens (primary N) is 1. The molecular weight excluding hydrogens is 445 g/mol. The molecule has 1 fully saturated rings. The van der Waals surface area contributed by atoms with Gasteiger partial charge in [-0.15, -0.1) is 0 Å². The maximum Gasteiger partial charge on any atom is 0.332 e. The van der Waals surface area contributed by atoms with E-state index < -0.39 is 35.4 Å². The Hall–Kier alpha value is -3.43. The van der Waals surface area contributed by atoms with Crippen LogP contribution in [-0.2, 0) is 14.4 Å². The molecule has 0 aliphatic carbocycles. The first-order chi connectivity index (χ1) is 14.6. The molecular formula is C20H17Cl2N5O4. The van der Waals surface area contributed by atoms with E-state index in [1.54, 1.807) is 38.1 Å². The van der Waals surface area contributed by atoms with Crippen molar-refractivity contribution in [3.05, 3.63) is 57.6 Å². The van der Waals surface area contributed by atoms with Gasteiger partial charge in [-0.3, -0.25) is 14.4 Å². The van der Waals surface area contributed by atoms with E-state index in [1.165, 1.54) is 12.1 Å². The van der Waals surface area contributed by atoms with E-state index in [0.717, 1.165) is 4.90 Å². The largest absolute Gasteiger partial charge is 0.350 e. The zero-order valence-corrected chi connectivity index (χ0v) is 17.9. The van der Waals surface area contributed by atoms with Crippen LogP contribution in [0, 0.1) is 19.8 Å². The van der Waals surface area contributed by atoms with Gasteiger partial charge in [-0.25, -0.2) is 15.1 Å². The Morgan fingerprint density at radius 2 is 1.65 bits per heavy atom. The minimum atomic E-state index is -1.61. The number of amides is 5. The average molecular weight is 462 g/mol. The van der Waals surface area contributed by atoms with Crippen molar-refractivity contribution < 1.29 is 19.2 Å². The van der Waals surface area contributed by atoms with Crippen molar-refractivity contribution in [2.75, 3.05) is 10.2 Å². The highest BCUT2D eigenvalue weighted by Gasteiger charge is 2.50. The van der Waals surface area contributed by atoms with Crippen LogP contribution in [0.25, 0.3) is 0 Å². The summed E-state index contributed by atoms with van der Waals surface area (Å²) in [4.78, 5) is 51.1. The molecule has 5 amide bonds. The van der Waals surface area contributed by atoms with Crippen LogP contribution in [0.4, 0.5) is 16.2 Å². The molecule has 1 heterocycles. The number of aryl methyl sites for hydroxylation is 2. The SMILES string of the molecule is Cc1cc(Cl)ccc1NC(=O)[C@H]1C(=O)N(c2ccc(Cl)cc2C)C(=O)/C1=N\NC(N)=O. The molecule has 11 heteroatoms. The fraction of sp³-hybridized carbons (Fsp3) is 0.150. The highest BCUT2D eigenvalue weighted by atomic mass is 35.5. The van der Waals surface area contributed by atoms with Gasteiger partial charge in [-0.2, -0.15) is 5.10 Å². The second kappa shape index (κ2) is 8.75. The lowest BCUT2D eigenvalue weighted by molar-refractivity contribution is -0.127. The van der Waals surface area contributed by atoms with Crippen LogP contribution < -0.4 is 21.4 Å². The summed E-state index contributed by atoms with van der Waals surface area (Å²) in [5.41, 5.74) is 8.29. The number of carbonyl (C=O) groups is 4. The third kappa shape index (κ3) is 4.52. The van der Waals surface area contributed by atoms with Crippen LogP contribution >= 0.6 is 23.2 Å². The highest BCUT2D eigenvalue weighted by molar-refractivity contribution is 6.61. The second-order valence-electron chi connectivity index (χ2n) is 6.76. The lowest BCUT2D eigenvalue weighted by Gasteiger charge is -2.17. The van der Waals surface area contributed by atoms with Crippen molar-refractivity contribution in [1.82, 2.24) is 5.43 Å². The number of halogens is 2. The molecule has 0 spiro atoms. The van der Waals surface area contributed by atoms with E-state index in [-0.39, 0.29) is 5.69 Å². The first kappa shape index (κ1) is 22.3. The number of primary amides is 1. The molecule has 160 valence electrons. The average Bonchev–Trinajstić information content (AvgIpc) is 2.92. The van der Waals surface area contributed by atoms with Gasteiger partial charge in [0.1, 0.15) is 5.71 Å². The summed E-state index contributed by atoms with van der Waals surface area (Å²) in [5, 5.41) is 7.12. The lowest BCUT2D eigenvalue weighted by Crippen LogP contribution is -2.35. The molecule has 1 aliphatic heterocycles. The van der Waals surface area contributed by atoms with E-state index in [4.69, 9.17) is 28.9 Å². The summed E-state index contributed by atoms with van der Waals surface area (Å²) in [6.45, 7) is 3.38. The normalized spacial score (nSPS) is 17.2. The van der Waals surface area contributed by atoms with Gasteiger partial charge in [0.2, 0.25) is 5.91 Å². The third-order valence-electron chi connectivity index (χ3n) is 4.56. The number of hydrogen-bond donors (Lipinski definition) is 3. The van der Waals surface area contributed by atoms with E-state index in [2.05, 4.69) is 10.4 Å². The molecule has 2 aromatic carbocycles. The summed E-state index contributed by atoms with van der Waals surface area (Å²) >= 11 is 11.9. The number of nitrogens with zero attached hydrogens (tertiary/aromatic N) is 2. The van der Waals surface area contributed by atoms with Gasteiger partial charge in [-0.05, 0) is 61.4 Å². The number of benzene rings is 2. The monoisotopic (exact) mass is 461 g/mol. The summed E-state index contributed by atoms with van der Waals surface area (Å²) < 4.78 is 0. The fourth-order valence-electron chi connectivity index (χ4n) is 3.12. The van der Waals surface area contributed by atoms with E-state index >= 15 is 0 Å². The maximum absolute atomic E-state index is 13.1. The summed E-state index contributed by atoms with van der Waals surface area (Å²) in [6.07, 6.45) is 0. The number of hydrazone groups is 1. The van der Waals surface area contributed by atoms with Crippen molar-refractivity contribution in [2.45, 2.75) is 13.8 Å². The van der Waals surface area contributed by atoms with Gasteiger partial charge in [0.15, 0.2) is 5.92 Å². The molecule has 0 saturated carbocycles. The topological polar surface area (TPSA) is 134 Å². The molecule has 31 heavy (non-hydrogen) atoms. The Labute approximate surface area is 187 Å². The van der Waals surface area contributed by atoms with Crippen molar-refractivity contribution in [3.8, 4) is 0 Å². The van der Waals surface area contributed by atoms with Gasteiger partial charge in [0, 0.05) is 15.7 Å². The first-order valence-corrected chi connectivity index (χ1v) is 9.70. The lowest BCUT2D eigenvalue weighted by atomic mass is 10.0. The highest BCUT2D eigenvalue weighted by Crippen LogP contribution is 2.31. The van der Waals surface area contributed by atoms with Gasteiger partial charge in [-0.1, -0.05) is 23.2 Å². The molecule has 2 aromatic rings. The van der Waals surface area contributed by atoms with Gasteiger partial charge in [0.05, 0.1) is 5.69 Å². The number of rotatable bonds is 4. The Bertz CT molecular complexity index is 1150. The Morgan fingerprint density at radius 1 is 1.03 bits per heavy atom. The molecule has 1 aliphatic rings. The third-order valence-corrected chi connectivity index (χ3v) is 5.03. The molecule has 3 rings (SSSR count). The van der Waals surface area contributed by atoms with Crippen LogP contribution in [0.5, 0.6) is 0 Å². The number of carbonyl (C=O) groups excluding carboxylic acids is 4. The number of nitrogens with one attached hydrogen (secondary N) is 2. The van der Waals surface area contributed by atoms with Crippen LogP contribution in [0.3, 0.4) is 0 Å². The van der Waals surface area contributed by atoms with Crippen molar-refractivity contribution in [1.29, 1.82) is 0 Å². The molecule has 1 atom stereocenters. The quantitative estimate of drug-likeness (QED) is 0.366. The standard InChI is InChI=1S/C20H17Cl2N5O4/c1-9-7-11(21)3-5-13(9)24-17(28)15-16(25-26-20(23)31)19(30)27(18(15)29)14-6-4-12(22)8-10(14)2/h3-8,15H,1-2H3,(H,24,28)(H3,23,26,31)/b25-16-/t15-/m0/s1. The van der Waals surface area contributed by atoms with E-state index in [0.29, 0.717) is 26.9 Å². The maximum atomic E-state index is 13.1. The number of imide groups is 1. The molecule has 4 N–H and O–H groups in total. The smallest absolute Gasteiger partial charge is 0.332 e. The molecule has 0 radical (unpaired) electrons. The molecule has 1 saturated heterocycles. The van der Waals surface area contributed by atoms with Gasteiger partial charge < -0.3 is 11.1 Å². The van der Waals surface area contributed by atoms with Crippen LogP contribution in [0.2, 0.25) is 10.0 Å². The van der Waals surface area contributed by atoms with Gasteiger partial charge >= 0.3 is 6.03 Å². The number of hydrogen-bond acceptors (Lipinski definition) is 5. The fourth-order valence-corrected chi connectivity index (χ4v) is 3.57. The van der Waals surface area contributed by atoms with E-state index in [9.17, 15) is 19.2 Å². The first-order valence-electron chi connectivity index (χ1n) is 8.94. The molecule has 9 nitrogen and oxygen atoms in total. The number of urea groups is 1. The summed E-state index contributed by atoms with van der Waals surface area (Å²) in [5.74, 6) is -4.10.